The van der Waals surface area contributed by atoms with Gasteiger partial charge in [-0.1, -0.05) is 0 Å². The monoisotopic (exact) mass is 198 g/mol. The molecule has 80 valence electrons. The fraction of sp³-hybridized carbons (Fsp3) is 0.900. The first kappa shape index (κ1) is 9.93. The van der Waals surface area contributed by atoms with E-state index in [1.807, 2.05) is 11.9 Å². The van der Waals surface area contributed by atoms with Crippen LogP contribution in [0.15, 0.2) is 0 Å². The number of amides is 1. The maximum Gasteiger partial charge on any atom is 0.236 e. The zero-order chi connectivity index (χ0) is 9.97. The van der Waals surface area contributed by atoms with E-state index in [0.29, 0.717) is 12.5 Å². The van der Waals surface area contributed by atoms with Gasteiger partial charge in [0.15, 0.2) is 0 Å². The number of hydrogen-bond donors (Lipinski definition) is 0. The topological polar surface area (TPSA) is 32.8 Å². The van der Waals surface area contributed by atoms with Crippen molar-refractivity contribution < 1.29 is 9.53 Å². The number of carbonyl (C=O) groups is 1. The van der Waals surface area contributed by atoms with Crippen LogP contribution in [-0.2, 0) is 9.53 Å². The van der Waals surface area contributed by atoms with Gasteiger partial charge in [0, 0.05) is 32.2 Å². The Hall–Kier alpha value is -0.610. The second-order valence-electron chi connectivity index (χ2n) is 4.31. The Morgan fingerprint density at radius 1 is 1.50 bits per heavy atom. The highest BCUT2D eigenvalue weighted by molar-refractivity contribution is 5.78. The van der Waals surface area contributed by atoms with E-state index < -0.39 is 0 Å². The molecule has 4 nitrogen and oxygen atoms in total. The lowest BCUT2D eigenvalue weighted by atomic mass is 10.1. The van der Waals surface area contributed by atoms with E-state index in [1.54, 1.807) is 0 Å². The maximum atomic E-state index is 11.6. The van der Waals surface area contributed by atoms with Crippen LogP contribution in [0.4, 0.5) is 0 Å². The third-order valence-electron chi connectivity index (χ3n) is 3.01. The van der Waals surface area contributed by atoms with Crippen LogP contribution in [0.25, 0.3) is 0 Å². The molecule has 0 bridgehead atoms. The van der Waals surface area contributed by atoms with Crippen molar-refractivity contribution in [3.63, 3.8) is 0 Å². The average molecular weight is 198 g/mol. The normalized spacial score (nSPS) is 29.9. The lowest BCUT2D eigenvalue weighted by Gasteiger charge is -2.33. The molecule has 0 radical (unpaired) electrons. The number of rotatable bonds is 2. The molecule has 2 aliphatic heterocycles. The van der Waals surface area contributed by atoms with E-state index in [2.05, 4.69) is 4.90 Å². The van der Waals surface area contributed by atoms with E-state index in [4.69, 9.17) is 4.74 Å². The smallest absolute Gasteiger partial charge is 0.236 e. The quantitative estimate of drug-likeness (QED) is 0.616. The van der Waals surface area contributed by atoms with Crippen molar-refractivity contribution in [2.45, 2.75) is 6.42 Å². The maximum absolute atomic E-state index is 11.6. The van der Waals surface area contributed by atoms with Crippen LogP contribution in [0.1, 0.15) is 6.42 Å². The van der Waals surface area contributed by atoms with Crippen molar-refractivity contribution in [2.24, 2.45) is 5.92 Å². The van der Waals surface area contributed by atoms with Gasteiger partial charge in [0.2, 0.25) is 5.91 Å². The van der Waals surface area contributed by atoms with Crippen molar-refractivity contribution in [1.29, 1.82) is 0 Å². The van der Waals surface area contributed by atoms with Crippen LogP contribution in [0.3, 0.4) is 0 Å². The molecule has 2 saturated heterocycles. The minimum Gasteiger partial charge on any atom is -0.381 e. The standard InChI is InChI=1S/C10H18N2O2/c1-11-3-4-12(10(13)7-11)6-9-2-5-14-8-9/h9H,2-8H2,1H3. The summed E-state index contributed by atoms with van der Waals surface area (Å²) in [5.74, 6) is 0.841. The van der Waals surface area contributed by atoms with E-state index in [1.165, 1.54) is 0 Å². The predicted octanol–water partition coefficient (Wildman–Crippen LogP) is -0.203. The summed E-state index contributed by atoms with van der Waals surface area (Å²) in [5, 5.41) is 0. The number of carbonyl (C=O) groups excluding carboxylic acids is 1. The summed E-state index contributed by atoms with van der Waals surface area (Å²) >= 11 is 0. The van der Waals surface area contributed by atoms with Crippen molar-refractivity contribution in [3.8, 4) is 0 Å². The van der Waals surface area contributed by atoms with Crippen LogP contribution in [0.2, 0.25) is 0 Å². The summed E-state index contributed by atoms with van der Waals surface area (Å²) in [5.41, 5.74) is 0. The molecule has 2 rings (SSSR count). The molecule has 4 heteroatoms. The molecule has 0 aliphatic carbocycles. The molecule has 0 aromatic carbocycles. The van der Waals surface area contributed by atoms with Crippen LogP contribution in [-0.4, -0.2) is 62.1 Å². The van der Waals surface area contributed by atoms with E-state index >= 15 is 0 Å². The van der Waals surface area contributed by atoms with E-state index in [0.717, 1.165) is 39.3 Å². The molecule has 0 N–H and O–H groups in total. The third-order valence-corrected chi connectivity index (χ3v) is 3.01. The van der Waals surface area contributed by atoms with Gasteiger partial charge in [-0.05, 0) is 13.5 Å². The molecule has 2 heterocycles. The van der Waals surface area contributed by atoms with Crippen LogP contribution >= 0.6 is 0 Å². The molecule has 0 aromatic rings. The van der Waals surface area contributed by atoms with Crippen molar-refractivity contribution in [3.05, 3.63) is 0 Å². The minimum atomic E-state index is 0.269. The predicted molar refractivity (Wildman–Crippen MR) is 53.0 cm³/mol. The molecule has 1 unspecified atom stereocenters. The molecule has 0 aromatic heterocycles. The number of ether oxygens (including phenoxy) is 1. The van der Waals surface area contributed by atoms with Gasteiger partial charge in [-0.3, -0.25) is 9.69 Å². The van der Waals surface area contributed by atoms with Gasteiger partial charge in [-0.2, -0.15) is 0 Å². The lowest BCUT2D eigenvalue weighted by molar-refractivity contribution is -0.136. The summed E-state index contributed by atoms with van der Waals surface area (Å²) in [6.07, 6.45) is 1.11. The second-order valence-corrected chi connectivity index (χ2v) is 4.31. The van der Waals surface area contributed by atoms with Crippen molar-refractivity contribution in [2.75, 3.05) is 46.4 Å². The third kappa shape index (κ3) is 2.25. The molecule has 1 atom stereocenters. The SMILES string of the molecule is CN1CCN(CC2CCOC2)C(=O)C1. The van der Waals surface area contributed by atoms with Gasteiger partial charge < -0.3 is 9.64 Å². The molecule has 1 amide bonds. The Labute approximate surface area is 84.8 Å². The molecular weight excluding hydrogens is 180 g/mol. The van der Waals surface area contributed by atoms with Crippen LogP contribution in [0, 0.1) is 5.92 Å². The summed E-state index contributed by atoms with van der Waals surface area (Å²) in [4.78, 5) is 15.7. The fourth-order valence-electron chi connectivity index (χ4n) is 2.06. The zero-order valence-corrected chi connectivity index (χ0v) is 8.74. The zero-order valence-electron chi connectivity index (χ0n) is 8.74. The highest BCUT2D eigenvalue weighted by Crippen LogP contribution is 2.15. The largest absolute Gasteiger partial charge is 0.381 e. The van der Waals surface area contributed by atoms with Gasteiger partial charge in [0.05, 0.1) is 13.2 Å². The lowest BCUT2D eigenvalue weighted by Crippen LogP contribution is -2.50. The average Bonchev–Trinajstić information content (AvgIpc) is 2.62. The van der Waals surface area contributed by atoms with Crippen LogP contribution in [0.5, 0.6) is 0 Å². The molecular formula is C10H18N2O2. The van der Waals surface area contributed by atoms with Gasteiger partial charge in [0.25, 0.3) is 0 Å². The summed E-state index contributed by atoms with van der Waals surface area (Å²) < 4.78 is 5.31. The summed E-state index contributed by atoms with van der Waals surface area (Å²) in [6.45, 7) is 5.05. The second kappa shape index (κ2) is 4.28. The number of likely N-dealkylation sites (N-methyl/N-ethyl adjacent to an activating group) is 1. The first-order valence-electron chi connectivity index (χ1n) is 5.30. The molecule has 0 spiro atoms. The minimum absolute atomic E-state index is 0.269. The molecule has 14 heavy (non-hydrogen) atoms. The number of nitrogens with zero attached hydrogens (tertiary/aromatic N) is 2. The Bertz CT molecular complexity index is 214. The van der Waals surface area contributed by atoms with E-state index in [9.17, 15) is 4.79 Å². The van der Waals surface area contributed by atoms with Crippen LogP contribution < -0.4 is 0 Å². The molecule has 2 fully saturated rings. The fourth-order valence-corrected chi connectivity index (χ4v) is 2.06. The molecule has 0 saturated carbocycles. The van der Waals surface area contributed by atoms with Crippen molar-refractivity contribution in [1.82, 2.24) is 9.80 Å². The highest BCUT2D eigenvalue weighted by atomic mass is 16.5. The van der Waals surface area contributed by atoms with Gasteiger partial charge >= 0.3 is 0 Å². The number of hydrogen-bond acceptors (Lipinski definition) is 3. The Balaban J connectivity index is 1.82. The summed E-state index contributed by atoms with van der Waals surface area (Å²) in [6, 6.07) is 0. The van der Waals surface area contributed by atoms with Crippen molar-refractivity contribution >= 4 is 5.91 Å². The summed E-state index contributed by atoms with van der Waals surface area (Å²) in [7, 11) is 1.99. The first-order chi connectivity index (χ1) is 6.75. The van der Waals surface area contributed by atoms with Gasteiger partial charge in [-0.25, -0.2) is 0 Å². The molecule has 2 aliphatic rings. The Morgan fingerprint density at radius 3 is 3.00 bits per heavy atom. The van der Waals surface area contributed by atoms with Gasteiger partial charge in [-0.15, -0.1) is 0 Å². The highest BCUT2D eigenvalue weighted by Gasteiger charge is 2.25. The Morgan fingerprint density at radius 2 is 2.36 bits per heavy atom. The Kier molecular flexibility index (Phi) is 3.03. The van der Waals surface area contributed by atoms with E-state index in [-0.39, 0.29) is 5.91 Å². The van der Waals surface area contributed by atoms with Gasteiger partial charge in [0.1, 0.15) is 0 Å². The first-order valence-corrected chi connectivity index (χ1v) is 5.30. The number of piperazine rings is 1.